The molecule has 0 atom stereocenters. The van der Waals surface area contributed by atoms with Gasteiger partial charge >= 0.3 is 0 Å². The highest BCUT2D eigenvalue weighted by atomic mass is 19.1. The first-order valence-electron chi connectivity index (χ1n) is 6.71. The number of benzene rings is 1. The summed E-state index contributed by atoms with van der Waals surface area (Å²) in [6.45, 7) is 7.36. The molecule has 0 aliphatic carbocycles. The third-order valence-corrected chi connectivity index (χ3v) is 3.22. The topological polar surface area (TPSA) is 34.2 Å². The van der Waals surface area contributed by atoms with Gasteiger partial charge in [-0.05, 0) is 43.7 Å². The fourth-order valence-electron chi connectivity index (χ4n) is 1.89. The summed E-state index contributed by atoms with van der Waals surface area (Å²) in [6, 6.07) is 7.31. The van der Waals surface area contributed by atoms with E-state index >= 15 is 0 Å². The van der Waals surface area contributed by atoms with E-state index in [4.69, 9.17) is 4.74 Å². The Hall–Kier alpha value is -1.94. The molecule has 1 aromatic carbocycles. The van der Waals surface area contributed by atoms with Crippen molar-refractivity contribution in [3.63, 3.8) is 0 Å². The van der Waals surface area contributed by atoms with Crippen LogP contribution in [0.4, 0.5) is 4.39 Å². The van der Waals surface area contributed by atoms with Crippen molar-refractivity contribution in [2.45, 2.75) is 27.3 Å². The molecule has 2 aromatic rings. The highest BCUT2D eigenvalue weighted by Crippen LogP contribution is 2.28. The Bertz CT molecular complexity index is 599. The van der Waals surface area contributed by atoms with Gasteiger partial charge in [-0.25, -0.2) is 9.37 Å². The third-order valence-electron chi connectivity index (χ3n) is 3.22. The van der Waals surface area contributed by atoms with Crippen LogP contribution in [0.15, 0.2) is 30.5 Å². The molecular formula is C16H19FN2O. The van der Waals surface area contributed by atoms with Crippen LogP contribution < -0.4 is 10.1 Å². The molecule has 2 rings (SSSR count). The highest BCUT2D eigenvalue weighted by molar-refractivity contribution is 5.41. The number of halogens is 1. The molecule has 0 unspecified atom stereocenters. The molecule has 1 N–H and O–H groups in total. The normalized spacial score (nSPS) is 10.6. The van der Waals surface area contributed by atoms with Crippen LogP contribution in [0.3, 0.4) is 0 Å². The van der Waals surface area contributed by atoms with E-state index in [0.717, 1.165) is 23.4 Å². The lowest BCUT2D eigenvalue weighted by Gasteiger charge is -2.13. The van der Waals surface area contributed by atoms with Crippen molar-refractivity contribution in [1.29, 1.82) is 0 Å². The van der Waals surface area contributed by atoms with Crippen LogP contribution in [0.5, 0.6) is 11.6 Å². The summed E-state index contributed by atoms with van der Waals surface area (Å²) >= 11 is 0. The van der Waals surface area contributed by atoms with Gasteiger partial charge in [0, 0.05) is 12.1 Å². The number of rotatable bonds is 5. The van der Waals surface area contributed by atoms with Crippen LogP contribution in [0.1, 0.15) is 23.6 Å². The molecule has 0 fully saturated rings. The first-order valence-corrected chi connectivity index (χ1v) is 6.71. The van der Waals surface area contributed by atoms with E-state index in [0.29, 0.717) is 18.0 Å². The van der Waals surface area contributed by atoms with Gasteiger partial charge in [-0.3, -0.25) is 0 Å². The van der Waals surface area contributed by atoms with E-state index < -0.39 is 0 Å². The molecule has 0 saturated heterocycles. The molecule has 20 heavy (non-hydrogen) atoms. The average molecular weight is 274 g/mol. The molecule has 1 aromatic heterocycles. The zero-order valence-electron chi connectivity index (χ0n) is 12.0. The molecule has 0 bridgehead atoms. The van der Waals surface area contributed by atoms with Gasteiger partial charge in [0.25, 0.3) is 0 Å². The number of ether oxygens (including phenoxy) is 1. The van der Waals surface area contributed by atoms with E-state index in [2.05, 4.69) is 10.3 Å². The second kappa shape index (κ2) is 6.48. The van der Waals surface area contributed by atoms with Crippen LogP contribution in [-0.2, 0) is 6.54 Å². The molecule has 4 heteroatoms. The van der Waals surface area contributed by atoms with E-state index in [9.17, 15) is 4.39 Å². The van der Waals surface area contributed by atoms with Gasteiger partial charge in [-0.2, -0.15) is 0 Å². The van der Waals surface area contributed by atoms with Gasteiger partial charge in [-0.15, -0.1) is 0 Å². The lowest BCUT2D eigenvalue weighted by atomic mass is 10.1. The fraction of sp³-hybridized carbons (Fsp3) is 0.312. The van der Waals surface area contributed by atoms with Crippen molar-refractivity contribution >= 4 is 0 Å². The summed E-state index contributed by atoms with van der Waals surface area (Å²) in [5, 5.41) is 3.16. The Morgan fingerprint density at radius 3 is 2.85 bits per heavy atom. The quantitative estimate of drug-likeness (QED) is 0.902. The van der Waals surface area contributed by atoms with Crippen molar-refractivity contribution in [1.82, 2.24) is 10.3 Å². The van der Waals surface area contributed by atoms with E-state index in [1.54, 1.807) is 0 Å². The van der Waals surface area contributed by atoms with Gasteiger partial charge in [0.15, 0.2) is 0 Å². The summed E-state index contributed by atoms with van der Waals surface area (Å²) in [5.41, 5.74) is 2.93. The van der Waals surface area contributed by atoms with Crippen molar-refractivity contribution in [2.75, 3.05) is 6.54 Å². The molecule has 0 aliphatic heterocycles. The minimum absolute atomic E-state index is 0.355. The van der Waals surface area contributed by atoms with Gasteiger partial charge in [0.1, 0.15) is 11.6 Å². The second-order valence-corrected chi connectivity index (χ2v) is 4.70. The maximum atomic E-state index is 13.3. The SMILES string of the molecule is CCNCc1cc(F)cnc1Oc1cccc(C)c1C. The molecule has 3 nitrogen and oxygen atoms in total. The maximum absolute atomic E-state index is 13.3. The lowest BCUT2D eigenvalue weighted by Crippen LogP contribution is -2.13. The number of hydrogen-bond acceptors (Lipinski definition) is 3. The third kappa shape index (κ3) is 3.33. The van der Waals surface area contributed by atoms with E-state index in [1.807, 2.05) is 39.0 Å². The molecule has 0 aliphatic rings. The molecule has 0 amide bonds. The van der Waals surface area contributed by atoms with Crippen LogP contribution in [0, 0.1) is 19.7 Å². The zero-order chi connectivity index (χ0) is 14.5. The summed E-state index contributed by atoms with van der Waals surface area (Å²) in [7, 11) is 0. The summed E-state index contributed by atoms with van der Waals surface area (Å²) < 4.78 is 19.2. The second-order valence-electron chi connectivity index (χ2n) is 4.70. The van der Waals surface area contributed by atoms with Crippen LogP contribution in [0.2, 0.25) is 0 Å². The van der Waals surface area contributed by atoms with Crippen molar-refractivity contribution in [2.24, 2.45) is 0 Å². The van der Waals surface area contributed by atoms with Crippen LogP contribution in [-0.4, -0.2) is 11.5 Å². The highest BCUT2D eigenvalue weighted by Gasteiger charge is 2.10. The van der Waals surface area contributed by atoms with Gasteiger partial charge < -0.3 is 10.1 Å². The number of nitrogens with zero attached hydrogens (tertiary/aromatic N) is 1. The zero-order valence-corrected chi connectivity index (χ0v) is 12.0. The van der Waals surface area contributed by atoms with Crippen LogP contribution in [0.25, 0.3) is 0 Å². The molecular weight excluding hydrogens is 255 g/mol. The number of hydrogen-bond donors (Lipinski definition) is 1. The number of nitrogens with one attached hydrogen (secondary N) is 1. The predicted octanol–water partition coefficient (Wildman–Crippen LogP) is 3.74. The van der Waals surface area contributed by atoms with E-state index in [1.165, 1.54) is 12.3 Å². The number of pyridine rings is 1. The molecule has 0 saturated carbocycles. The lowest BCUT2D eigenvalue weighted by molar-refractivity contribution is 0.445. The van der Waals surface area contributed by atoms with E-state index in [-0.39, 0.29) is 5.82 Å². The molecule has 106 valence electrons. The standard InChI is InChI=1S/C16H19FN2O/c1-4-18-9-13-8-14(17)10-19-16(13)20-15-7-5-6-11(2)12(15)3/h5-8,10,18H,4,9H2,1-3H3. The Morgan fingerprint density at radius 1 is 1.30 bits per heavy atom. The summed E-state index contributed by atoms with van der Waals surface area (Å²) in [6.07, 6.45) is 1.18. The largest absolute Gasteiger partial charge is 0.438 e. The summed E-state index contributed by atoms with van der Waals surface area (Å²) in [5.74, 6) is 0.842. The minimum atomic E-state index is -0.355. The van der Waals surface area contributed by atoms with Gasteiger partial charge in [0.2, 0.25) is 5.88 Å². The monoisotopic (exact) mass is 274 g/mol. The Kier molecular flexibility index (Phi) is 4.69. The molecule has 0 radical (unpaired) electrons. The fourth-order valence-corrected chi connectivity index (χ4v) is 1.89. The number of aryl methyl sites for hydroxylation is 1. The predicted molar refractivity (Wildman–Crippen MR) is 77.6 cm³/mol. The van der Waals surface area contributed by atoms with Gasteiger partial charge in [-0.1, -0.05) is 19.1 Å². The Balaban J connectivity index is 2.30. The maximum Gasteiger partial charge on any atom is 0.223 e. The van der Waals surface area contributed by atoms with Crippen LogP contribution >= 0.6 is 0 Å². The van der Waals surface area contributed by atoms with Gasteiger partial charge in [0.05, 0.1) is 6.20 Å². The Labute approximate surface area is 118 Å². The first kappa shape index (κ1) is 14.5. The van der Waals surface area contributed by atoms with Crippen molar-refractivity contribution in [3.05, 3.63) is 53.0 Å². The first-order chi connectivity index (χ1) is 9.61. The summed E-state index contributed by atoms with van der Waals surface area (Å²) in [4.78, 5) is 4.06. The molecule has 0 spiro atoms. The Morgan fingerprint density at radius 2 is 2.10 bits per heavy atom. The van der Waals surface area contributed by atoms with Crippen molar-refractivity contribution in [3.8, 4) is 11.6 Å². The minimum Gasteiger partial charge on any atom is -0.438 e. The molecule has 1 heterocycles. The number of aromatic nitrogens is 1. The van der Waals surface area contributed by atoms with Crippen molar-refractivity contribution < 1.29 is 9.13 Å². The average Bonchev–Trinajstić information content (AvgIpc) is 2.44. The smallest absolute Gasteiger partial charge is 0.223 e.